The number of ether oxygens (including phenoxy) is 1. The number of amides is 1. The Morgan fingerprint density at radius 2 is 1.92 bits per heavy atom. The summed E-state index contributed by atoms with van der Waals surface area (Å²) in [6.07, 6.45) is 0. The molecule has 25 heavy (non-hydrogen) atoms. The monoisotopic (exact) mass is 354 g/mol. The van der Waals surface area contributed by atoms with Crippen LogP contribution in [0.5, 0.6) is 5.75 Å². The van der Waals surface area contributed by atoms with Crippen LogP contribution in [0.3, 0.4) is 0 Å². The first-order chi connectivity index (χ1) is 12.0. The van der Waals surface area contributed by atoms with E-state index in [9.17, 15) is 4.79 Å². The van der Waals surface area contributed by atoms with Gasteiger partial charge in [-0.3, -0.25) is 4.79 Å². The Kier molecular flexibility index (Phi) is 4.91. The van der Waals surface area contributed by atoms with Crippen molar-refractivity contribution in [1.29, 1.82) is 0 Å². The highest BCUT2D eigenvalue weighted by molar-refractivity contribution is 6.31. The van der Waals surface area contributed by atoms with Crippen LogP contribution in [0.25, 0.3) is 10.9 Å². The van der Waals surface area contributed by atoms with Gasteiger partial charge in [0.25, 0.3) is 5.91 Å². The summed E-state index contributed by atoms with van der Waals surface area (Å²) in [5.41, 5.74) is 2.06. The van der Waals surface area contributed by atoms with Gasteiger partial charge in [0.05, 0.1) is 18.7 Å². The van der Waals surface area contributed by atoms with Crippen molar-refractivity contribution in [3.05, 3.63) is 70.9 Å². The summed E-state index contributed by atoms with van der Waals surface area (Å²) >= 11 is 6.26. The first-order valence-corrected chi connectivity index (χ1v) is 8.35. The van der Waals surface area contributed by atoms with Crippen LogP contribution >= 0.6 is 11.6 Å². The maximum Gasteiger partial charge on any atom is 0.272 e. The van der Waals surface area contributed by atoms with Crippen LogP contribution in [0.4, 0.5) is 0 Å². The number of halogens is 1. The Bertz CT molecular complexity index is 926. The molecule has 0 radical (unpaired) electrons. The molecular formula is C20H19ClN2O2. The molecule has 2 aromatic carbocycles. The van der Waals surface area contributed by atoms with Crippen LogP contribution in [0.1, 0.15) is 29.0 Å². The van der Waals surface area contributed by atoms with E-state index in [1.54, 1.807) is 25.1 Å². The molecule has 0 spiro atoms. The second-order valence-corrected chi connectivity index (χ2v) is 6.28. The van der Waals surface area contributed by atoms with Crippen molar-refractivity contribution in [2.45, 2.75) is 13.0 Å². The smallest absolute Gasteiger partial charge is 0.272 e. The highest BCUT2D eigenvalue weighted by Gasteiger charge is 2.21. The second kappa shape index (κ2) is 7.11. The molecule has 0 aliphatic carbocycles. The summed E-state index contributed by atoms with van der Waals surface area (Å²) in [5.74, 6) is 0.614. The lowest BCUT2D eigenvalue weighted by Gasteiger charge is -2.25. The Labute approximate surface area is 152 Å². The van der Waals surface area contributed by atoms with Crippen molar-refractivity contribution >= 4 is 28.4 Å². The molecule has 5 heteroatoms. The molecule has 0 aliphatic rings. The largest absolute Gasteiger partial charge is 0.497 e. The number of fused-ring (bicyclic) bond motifs is 1. The Hall–Kier alpha value is -2.59. The zero-order valence-electron chi connectivity index (χ0n) is 14.4. The predicted octanol–water partition coefficient (Wildman–Crippen LogP) is 4.73. The third kappa shape index (κ3) is 3.44. The van der Waals surface area contributed by atoms with Gasteiger partial charge in [0, 0.05) is 17.5 Å². The molecular weight excluding hydrogens is 336 g/mol. The number of nitrogens with zero attached hydrogens (tertiary/aromatic N) is 2. The molecule has 1 unspecified atom stereocenters. The van der Waals surface area contributed by atoms with Crippen LogP contribution in [-0.2, 0) is 0 Å². The summed E-state index contributed by atoms with van der Waals surface area (Å²) in [7, 11) is 3.38. The SMILES string of the molecule is COc1ccc2nc(C(=O)N(C)C(C)c3ccccc3Cl)ccc2c1. The van der Waals surface area contributed by atoms with Gasteiger partial charge in [-0.1, -0.05) is 35.9 Å². The summed E-state index contributed by atoms with van der Waals surface area (Å²) < 4.78 is 5.21. The van der Waals surface area contributed by atoms with Crippen molar-refractivity contribution < 1.29 is 9.53 Å². The zero-order chi connectivity index (χ0) is 18.0. The van der Waals surface area contributed by atoms with Crippen LogP contribution in [0.15, 0.2) is 54.6 Å². The number of carbonyl (C=O) groups is 1. The van der Waals surface area contributed by atoms with Crippen molar-refractivity contribution in [2.75, 3.05) is 14.2 Å². The first-order valence-electron chi connectivity index (χ1n) is 7.97. The van der Waals surface area contributed by atoms with Crippen LogP contribution < -0.4 is 4.74 Å². The van der Waals surface area contributed by atoms with Gasteiger partial charge in [-0.2, -0.15) is 0 Å². The lowest BCUT2D eigenvalue weighted by molar-refractivity contribution is 0.0737. The van der Waals surface area contributed by atoms with Gasteiger partial charge in [-0.15, -0.1) is 0 Å². The number of carbonyl (C=O) groups excluding carboxylic acids is 1. The highest BCUT2D eigenvalue weighted by Crippen LogP contribution is 2.27. The Morgan fingerprint density at radius 3 is 2.64 bits per heavy atom. The normalized spacial score (nSPS) is 12.0. The number of hydrogen-bond acceptors (Lipinski definition) is 3. The molecule has 0 N–H and O–H groups in total. The van der Waals surface area contributed by atoms with Crippen molar-refractivity contribution in [2.24, 2.45) is 0 Å². The fourth-order valence-electron chi connectivity index (χ4n) is 2.73. The number of aromatic nitrogens is 1. The molecule has 1 heterocycles. The number of methoxy groups -OCH3 is 1. The van der Waals surface area contributed by atoms with Gasteiger partial charge in [-0.05, 0) is 42.8 Å². The highest BCUT2D eigenvalue weighted by atomic mass is 35.5. The molecule has 1 atom stereocenters. The van der Waals surface area contributed by atoms with Gasteiger partial charge in [0.15, 0.2) is 0 Å². The lowest BCUT2D eigenvalue weighted by Crippen LogP contribution is -2.30. The van der Waals surface area contributed by atoms with Gasteiger partial charge in [0.2, 0.25) is 0 Å². The predicted molar refractivity (Wildman–Crippen MR) is 100 cm³/mol. The average Bonchev–Trinajstić information content (AvgIpc) is 2.65. The first kappa shape index (κ1) is 17.2. The fraction of sp³-hybridized carbons (Fsp3) is 0.200. The van der Waals surface area contributed by atoms with Crippen LogP contribution in [0.2, 0.25) is 5.02 Å². The number of benzene rings is 2. The van der Waals surface area contributed by atoms with Crippen molar-refractivity contribution in [3.63, 3.8) is 0 Å². The van der Waals surface area contributed by atoms with Crippen molar-refractivity contribution in [1.82, 2.24) is 9.88 Å². The molecule has 0 saturated heterocycles. The van der Waals surface area contributed by atoms with Crippen LogP contribution in [-0.4, -0.2) is 29.9 Å². The second-order valence-electron chi connectivity index (χ2n) is 5.87. The standard InChI is InChI=1S/C20H19ClN2O2/c1-13(16-6-4-5-7-17(16)21)23(2)20(24)19-10-8-14-12-15(25-3)9-11-18(14)22-19/h4-13H,1-3H3. The minimum atomic E-state index is -0.158. The van der Waals surface area contributed by atoms with Gasteiger partial charge >= 0.3 is 0 Å². The number of rotatable bonds is 4. The molecule has 4 nitrogen and oxygen atoms in total. The third-order valence-corrected chi connectivity index (χ3v) is 4.72. The maximum atomic E-state index is 12.8. The molecule has 3 aromatic rings. The van der Waals surface area contributed by atoms with Gasteiger partial charge < -0.3 is 9.64 Å². The fourth-order valence-corrected chi connectivity index (χ4v) is 3.02. The van der Waals surface area contributed by atoms with E-state index in [4.69, 9.17) is 16.3 Å². The number of hydrogen-bond donors (Lipinski definition) is 0. The Balaban J connectivity index is 1.89. The van der Waals surface area contributed by atoms with Gasteiger partial charge in [0.1, 0.15) is 11.4 Å². The molecule has 0 bridgehead atoms. The average molecular weight is 355 g/mol. The minimum absolute atomic E-state index is 0.148. The zero-order valence-corrected chi connectivity index (χ0v) is 15.1. The van der Waals surface area contributed by atoms with E-state index in [2.05, 4.69) is 4.98 Å². The number of pyridine rings is 1. The quantitative estimate of drug-likeness (QED) is 0.680. The summed E-state index contributed by atoms with van der Waals surface area (Å²) in [4.78, 5) is 19.0. The van der Waals surface area contributed by atoms with Crippen LogP contribution in [0, 0.1) is 0 Å². The molecule has 1 amide bonds. The summed E-state index contributed by atoms with van der Waals surface area (Å²) in [6.45, 7) is 1.95. The van der Waals surface area contributed by atoms with E-state index in [0.717, 1.165) is 22.2 Å². The molecule has 0 fully saturated rings. The minimum Gasteiger partial charge on any atom is -0.497 e. The van der Waals surface area contributed by atoms with E-state index in [0.29, 0.717) is 10.7 Å². The topological polar surface area (TPSA) is 42.4 Å². The summed E-state index contributed by atoms with van der Waals surface area (Å²) in [5, 5.41) is 1.57. The van der Waals surface area contributed by atoms with E-state index in [-0.39, 0.29) is 11.9 Å². The van der Waals surface area contributed by atoms with E-state index < -0.39 is 0 Å². The lowest BCUT2D eigenvalue weighted by atomic mass is 10.1. The third-order valence-electron chi connectivity index (χ3n) is 4.37. The molecule has 3 rings (SSSR count). The van der Waals surface area contributed by atoms with E-state index in [1.807, 2.05) is 55.5 Å². The molecule has 0 aliphatic heterocycles. The summed E-state index contributed by atoms with van der Waals surface area (Å²) in [6, 6.07) is 16.6. The molecule has 1 aromatic heterocycles. The maximum absolute atomic E-state index is 12.8. The van der Waals surface area contributed by atoms with Crippen molar-refractivity contribution in [3.8, 4) is 5.75 Å². The Morgan fingerprint density at radius 1 is 1.16 bits per heavy atom. The molecule has 128 valence electrons. The van der Waals surface area contributed by atoms with E-state index >= 15 is 0 Å². The van der Waals surface area contributed by atoms with E-state index in [1.165, 1.54) is 0 Å². The molecule has 0 saturated carbocycles. The van der Waals surface area contributed by atoms with Gasteiger partial charge in [-0.25, -0.2) is 4.98 Å².